The summed E-state index contributed by atoms with van der Waals surface area (Å²) in [5, 5.41) is 2.85. The number of aromatic nitrogens is 3. The monoisotopic (exact) mass is 399 g/mol. The molecule has 0 atom stereocenters. The zero-order chi connectivity index (χ0) is 19.9. The number of nitrogens with one attached hydrogen (secondary N) is 1. The molecule has 0 unspecified atom stereocenters. The van der Waals surface area contributed by atoms with E-state index in [4.69, 9.17) is 0 Å². The number of hydrogen-bond acceptors (Lipinski definition) is 5. The molecular weight excluding hydrogens is 378 g/mol. The summed E-state index contributed by atoms with van der Waals surface area (Å²) in [5.74, 6) is -0.180. The first-order valence-corrected chi connectivity index (χ1v) is 10.8. The molecule has 3 aromatic rings. The third-order valence-corrected chi connectivity index (χ3v) is 6.16. The molecule has 1 aliphatic rings. The van der Waals surface area contributed by atoms with Crippen molar-refractivity contribution in [3.8, 4) is 0 Å². The molecule has 28 heavy (non-hydrogen) atoms. The van der Waals surface area contributed by atoms with Crippen molar-refractivity contribution >= 4 is 27.3 Å². The number of rotatable bonds is 4. The number of pyridine rings is 2. The summed E-state index contributed by atoms with van der Waals surface area (Å²) in [6.45, 7) is 2.68. The van der Waals surface area contributed by atoms with Crippen LogP contribution in [0.15, 0.2) is 36.8 Å². The van der Waals surface area contributed by atoms with Crippen LogP contribution in [0.3, 0.4) is 0 Å². The molecular formula is C19H21N5O3S. The molecule has 0 aliphatic carbocycles. The van der Waals surface area contributed by atoms with Gasteiger partial charge in [-0.25, -0.2) is 13.4 Å². The Kier molecular flexibility index (Phi) is 4.64. The Labute approximate surface area is 163 Å². The first-order valence-electron chi connectivity index (χ1n) is 8.95. The van der Waals surface area contributed by atoms with Gasteiger partial charge in [0.15, 0.2) is 0 Å². The smallest absolute Gasteiger partial charge is 0.230 e. The summed E-state index contributed by atoms with van der Waals surface area (Å²) in [6.07, 6.45) is 7.16. The number of carbonyl (C=O) groups is 1. The van der Waals surface area contributed by atoms with Crippen LogP contribution in [0.5, 0.6) is 0 Å². The average Bonchev–Trinajstić information content (AvgIpc) is 3.04. The van der Waals surface area contributed by atoms with E-state index >= 15 is 0 Å². The van der Waals surface area contributed by atoms with Crippen molar-refractivity contribution in [3.05, 3.63) is 59.3 Å². The Morgan fingerprint density at radius 1 is 1.29 bits per heavy atom. The van der Waals surface area contributed by atoms with E-state index in [1.165, 1.54) is 10.6 Å². The van der Waals surface area contributed by atoms with Crippen LogP contribution in [0.1, 0.15) is 22.5 Å². The largest absolute Gasteiger partial charge is 0.324 e. The predicted molar refractivity (Wildman–Crippen MR) is 105 cm³/mol. The maximum Gasteiger partial charge on any atom is 0.230 e. The van der Waals surface area contributed by atoms with Gasteiger partial charge in [-0.1, -0.05) is 6.07 Å². The highest BCUT2D eigenvalue weighted by Gasteiger charge is 2.24. The van der Waals surface area contributed by atoms with Crippen LogP contribution in [0.4, 0.5) is 5.69 Å². The van der Waals surface area contributed by atoms with Crippen molar-refractivity contribution in [2.45, 2.75) is 26.3 Å². The predicted octanol–water partition coefficient (Wildman–Crippen LogP) is 1.54. The molecule has 9 heteroatoms. The van der Waals surface area contributed by atoms with Crippen LogP contribution in [0.2, 0.25) is 0 Å². The summed E-state index contributed by atoms with van der Waals surface area (Å²) in [7, 11) is -3.25. The van der Waals surface area contributed by atoms with E-state index in [1.54, 1.807) is 18.5 Å². The number of hydrogen-bond donors (Lipinski definition) is 1. The fourth-order valence-electron chi connectivity index (χ4n) is 3.45. The maximum atomic E-state index is 12.5. The fraction of sp³-hybridized carbons (Fsp3) is 0.316. The summed E-state index contributed by atoms with van der Waals surface area (Å²) in [5.41, 5.74) is 4.93. The molecule has 8 nitrogen and oxygen atoms in total. The topological polar surface area (TPSA) is 96.7 Å². The molecule has 0 saturated heterocycles. The van der Waals surface area contributed by atoms with Crippen LogP contribution in [-0.2, 0) is 34.2 Å². The molecule has 0 bridgehead atoms. The number of fused-ring (bicyclic) bond motifs is 2. The van der Waals surface area contributed by atoms with Gasteiger partial charge in [0.1, 0.15) is 5.65 Å². The highest BCUT2D eigenvalue weighted by molar-refractivity contribution is 7.88. The van der Waals surface area contributed by atoms with Gasteiger partial charge < -0.3 is 9.72 Å². The Morgan fingerprint density at radius 2 is 2.11 bits per heavy atom. The second-order valence-electron chi connectivity index (χ2n) is 7.04. The van der Waals surface area contributed by atoms with E-state index in [-0.39, 0.29) is 18.9 Å². The van der Waals surface area contributed by atoms with Gasteiger partial charge in [-0.2, -0.15) is 4.31 Å². The zero-order valence-corrected chi connectivity index (χ0v) is 16.5. The van der Waals surface area contributed by atoms with E-state index in [0.29, 0.717) is 18.7 Å². The minimum Gasteiger partial charge on any atom is -0.324 e. The average molecular weight is 399 g/mol. The van der Waals surface area contributed by atoms with E-state index in [2.05, 4.69) is 15.3 Å². The fourth-order valence-corrected chi connectivity index (χ4v) is 4.25. The van der Waals surface area contributed by atoms with Crippen LogP contribution in [0.25, 0.3) is 5.65 Å². The molecule has 0 fully saturated rings. The molecule has 4 heterocycles. The number of sulfonamides is 1. The minimum atomic E-state index is -3.25. The maximum absolute atomic E-state index is 12.5. The van der Waals surface area contributed by atoms with Gasteiger partial charge in [0, 0.05) is 37.6 Å². The number of anilines is 1. The molecule has 0 saturated carbocycles. The van der Waals surface area contributed by atoms with Gasteiger partial charge in [0.2, 0.25) is 15.9 Å². The molecule has 0 radical (unpaired) electrons. The van der Waals surface area contributed by atoms with Crippen LogP contribution in [0, 0.1) is 6.92 Å². The molecule has 0 spiro atoms. The van der Waals surface area contributed by atoms with E-state index in [9.17, 15) is 13.2 Å². The quantitative estimate of drug-likeness (QED) is 0.718. The lowest BCUT2D eigenvalue weighted by molar-refractivity contribution is -0.115. The minimum absolute atomic E-state index is 0.178. The Hall–Kier alpha value is -2.78. The lowest BCUT2D eigenvalue weighted by Crippen LogP contribution is -2.35. The van der Waals surface area contributed by atoms with Gasteiger partial charge in [0.25, 0.3) is 0 Å². The lowest BCUT2D eigenvalue weighted by atomic mass is 10.1. The van der Waals surface area contributed by atoms with Gasteiger partial charge in [-0.15, -0.1) is 0 Å². The molecule has 1 amide bonds. The van der Waals surface area contributed by atoms with Crippen molar-refractivity contribution in [2.75, 3.05) is 18.1 Å². The summed E-state index contributed by atoms with van der Waals surface area (Å²) in [4.78, 5) is 21.3. The van der Waals surface area contributed by atoms with Gasteiger partial charge >= 0.3 is 0 Å². The number of carbonyl (C=O) groups excluding carboxylic acids is 1. The second-order valence-corrected chi connectivity index (χ2v) is 9.02. The summed E-state index contributed by atoms with van der Waals surface area (Å²) >= 11 is 0. The van der Waals surface area contributed by atoms with Gasteiger partial charge in [-0.05, 0) is 30.2 Å². The van der Waals surface area contributed by atoms with Gasteiger partial charge in [0.05, 0.1) is 30.3 Å². The van der Waals surface area contributed by atoms with E-state index < -0.39 is 10.0 Å². The van der Waals surface area contributed by atoms with Crippen molar-refractivity contribution in [3.63, 3.8) is 0 Å². The second kappa shape index (κ2) is 6.99. The van der Waals surface area contributed by atoms with Crippen molar-refractivity contribution < 1.29 is 13.2 Å². The molecule has 1 aliphatic heterocycles. The standard InChI is InChI=1S/C19H21N5O3S/c1-13-4-3-6-24-16(11-21-19(13)24)9-18(25)22-15-8-14-12-23(28(2,26)27)7-5-17(14)20-10-15/h3-4,6,8,10-11H,5,7,9,12H2,1-2H3,(H,22,25). The molecule has 146 valence electrons. The van der Waals surface area contributed by atoms with Crippen LogP contribution in [-0.4, -0.2) is 45.8 Å². The normalized spacial score (nSPS) is 14.8. The third kappa shape index (κ3) is 3.63. The van der Waals surface area contributed by atoms with Crippen molar-refractivity contribution in [1.29, 1.82) is 0 Å². The first-order chi connectivity index (χ1) is 13.3. The zero-order valence-electron chi connectivity index (χ0n) is 15.7. The van der Waals surface area contributed by atoms with Crippen molar-refractivity contribution in [1.82, 2.24) is 18.7 Å². The van der Waals surface area contributed by atoms with Crippen LogP contribution >= 0.6 is 0 Å². The molecule has 0 aromatic carbocycles. The highest BCUT2D eigenvalue weighted by Crippen LogP contribution is 2.22. The Morgan fingerprint density at radius 3 is 2.89 bits per heavy atom. The number of nitrogens with zero attached hydrogens (tertiary/aromatic N) is 4. The Balaban J connectivity index is 1.50. The number of aryl methyl sites for hydroxylation is 1. The number of imidazole rings is 1. The van der Waals surface area contributed by atoms with Crippen LogP contribution < -0.4 is 5.32 Å². The van der Waals surface area contributed by atoms with E-state index in [1.807, 2.05) is 29.7 Å². The molecule has 4 rings (SSSR count). The molecule has 3 aromatic heterocycles. The van der Waals surface area contributed by atoms with Gasteiger partial charge in [-0.3, -0.25) is 9.78 Å². The lowest BCUT2D eigenvalue weighted by Gasteiger charge is -2.26. The summed E-state index contributed by atoms with van der Waals surface area (Å²) in [6, 6.07) is 5.70. The Bertz CT molecular complexity index is 1170. The first kappa shape index (κ1) is 18.6. The molecule has 1 N–H and O–H groups in total. The SMILES string of the molecule is Cc1cccn2c(CC(=O)Nc3cnc4c(c3)CN(S(C)(=O)=O)CC4)cnc12. The van der Waals surface area contributed by atoms with Crippen molar-refractivity contribution in [2.24, 2.45) is 0 Å². The van der Waals surface area contributed by atoms with E-state index in [0.717, 1.165) is 28.2 Å². The highest BCUT2D eigenvalue weighted by atomic mass is 32.2. The third-order valence-electron chi connectivity index (χ3n) is 4.91. The number of amides is 1. The summed E-state index contributed by atoms with van der Waals surface area (Å²) < 4.78 is 26.9.